The van der Waals surface area contributed by atoms with Gasteiger partial charge in [0.1, 0.15) is 4.90 Å². The molecular formula is C9H9BrClNO4S. The van der Waals surface area contributed by atoms with Gasteiger partial charge in [0.15, 0.2) is 10.4 Å². The number of hydrogen-bond donors (Lipinski definition) is 1. The normalized spacial score (nSPS) is 15.9. The van der Waals surface area contributed by atoms with Gasteiger partial charge < -0.3 is 9.73 Å². The minimum Gasteiger partial charge on any atom is -0.443 e. The fourth-order valence-electron chi connectivity index (χ4n) is 1.28. The third-order valence-corrected chi connectivity index (χ3v) is 4.57. The highest BCUT2D eigenvalue weighted by atomic mass is 79.9. The minimum atomic E-state index is -3.91. The fourth-order valence-corrected chi connectivity index (χ4v) is 3.31. The molecule has 1 saturated carbocycles. The lowest BCUT2D eigenvalue weighted by atomic mass is 10.4. The van der Waals surface area contributed by atoms with E-state index in [1.54, 1.807) is 0 Å². The summed E-state index contributed by atoms with van der Waals surface area (Å²) in [6.45, 7) is 0.583. The average molecular weight is 343 g/mol. The second-order valence-corrected chi connectivity index (χ2v) is 7.09. The molecule has 0 saturated heterocycles. The Balaban J connectivity index is 2.13. The standard InChI is InChI=1S/C9H9BrClNO4S/c10-8-7(17(11,14)15)3-6(16-8)9(13)12-4-5-1-2-5/h3,5H,1-2,4H2,(H,12,13). The molecule has 1 heterocycles. The molecule has 0 aliphatic heterocycles. The SMILES string of the molecule is O=C(NCC1CC1)c1cc(S(=O)(=O)Cl)c(Br)o1. The van der Waals surface area contributed by atoms with Crippen molar-refractivity contribution in [3.05, 3.63) is 16.5 Å². The summed E-state index contributed by atoms with van der Waals surface area (Å²) in [6.07, 6.45) is 2.23. The first-order chi connectivity index (χ1) is 7.88. The molecule has 0 radical (unpaired) electrons. The maximum atomic E-state index is 11.6. The Labute approximate surface area is 111 Å². The molecule has 94 valence electrons. The van der Waals surface area contributed by atoms with Crippen LogP contribution in [0.25, 0.3) is 0 Å². The molecule has 5 nitrogen and oxygen atoms in total. The lowest BCUT2D eigenvalue weighted by Crippen LogP contribution is -2.25. The summed E-state index contributed by atoms with van der Waals surface area (Å²) in [4.78, 5) is 11.4. The molecule has 1 aliphatic carbocycles. The number of furan rings is 1. The third kappa shape index (κ3) is 3.23. The van der Waals surface area contributed by atoms with Crippen molar-refractivity contribution in [3.8, 4) is 0 Å². The molecule has 0 spiro atoms. The first kappa shape index (κ1) is 12.9. The summed E-state index contributed by atoms with van der Waals surface area (Å²) in [5, 5.41) is 2.66. The first-order valence-electron chi connectivity index (χ1n) is 4.90. The zero-order valence-corrected chi connectivity index (χ0v) is 11.7. The van der Waals surface area contributed by atoms with E-state index in [1.165, 1.54) is 0 Å². The molecule has 8 heteroatoms. The molecule has 1 amide bonds. The van der Waals surface area contributed by atoms with Gasteiger partial charge in [0.25, 0.3) is 15.0 Å². The van der Waals surface area contributed by atoms with Crippen LogP contribution < -0.4 is 5.32 Å². The predicted molar refractivity (Wildman–Crippen MR) is 64.5 cm³/mol. The number of carbonyl (C=O) groups excluding carboxylic acids is 1. The van der Waals surface area contributed by atoms with Gasteiger partial charge in [-0.25, -0.2) is 8.42 Å². The van der Waals surface area contributed by atoms with Crippen LogP contribution in [-0.4, -0.2) is 20.9 Å². The topological polar surface area (TPSA) is 76.4 Å². The van der Waals surface area contributed by atoms with Crippen molar-refractivity contribution < 1.29 is 17.6 Å². The van der Waals surface area contributed by atoms with E-state index >= 15 is 0 Å². The lowest BCUT2D eigenvalue weighted by Gasteiger charge is -1.99. The summed E-state index contributed by atoms with van der Waals surface area (Å²) in [5.74, 6) is 0.0227. The number of amides is 1. The second-order valence-electron chi connectivity index (χ2n) is 3.84. The van der Waals surface area contributed by atoms with Crippen LogP contribution in [0.15, 0.2) is 20.0 Å². The van der Waals surface area contributed by atoms with Crippen LogP contribution in [0.5, 0.6) is 0 Å². The molecule has 2 rings (SSSR count). The Kier molecular flexibility index (Phi) is 3.51. The van der Waals surface area contributed by atoms with Gasteiger partial charge in [-0.3, -0.25) is 4.79 Å². The van der Waals surface area contributed by atoms with Crippen molar-refractivity contribution in [2.24, 2.45) is 5.92 Å². The summed E-state index contributed by atoms with van der Waals surface area (Å²) < 4.78 is 27.1. The fraction of sp³-hybridized carbons (Fsp3) is 0.444. The predicted octanol–water partition coefficient (Wildman–Crippen LogP) is 2.11. The summed E-state index contributed by atoms with van der Waals surface area (Å²) >= 11 is 2.90. The Morgan fingerprint density at radius 1 is 1.59 bits per heavy atom. The number of hydrogen-bond acceptors (Lipinski definition) is 4. The van der Waals surface area contributed by atoms with Crippen molar-refractivity contribution in [1.29, 1.82) is 0 Å². The van der Waals surface area contributed by atoms with E-state index in [0.29, 0.717) is 12.5 Å². The molecule has 0 unspecified atom stereocenters. The number of nitrogens with one attached hydrogen (secondary N) is 1. The molecule has 0 atom stereocenters. The van der Waals surface area contributed by atoms with Crippen LogP contribution in [0.1, 0.15) is 23.4 Å². The minimum absolute atomic E-state index is 0.0657. The molecule has 0 aromatic carbocycles. The number of halogens is 2. The monoisotopic (exact) mass is 341 g/mol. The number of carbonyl (C=O) groups is 1. The van der Waals surface area contributed by atoms with Crippen LogP contribution >= 0.6 is 26.6 Å². The summed E-state index contributed by atoms with van der Waals surface area (Å²) in [6, 6.07) is 1.11. The molecule has 0 bridgehead atoms. The third-order valence-electron chi connectivity index (χ3n) is 2.39. The lowest BCUT2D eigenvalue weighted by molar-refractivity contribution is 0.0923. The zero-order chi connectivity index (χ0) is 12.6. The van der Waals surface area contributed by atoms with E-state index in [-0.39, 0.29) is 15.3 Å². The van der Waals surface area contributed by atoms with Crippen molar-refractivity contribution in [2.45, 2.75) is 17.7 Å². The quantitative estimate of drug-likeness (QED) is 0.850. The smallest absolute Gasteiger partial charge is 0.287 e. The molecule has 1 fully saturated rings. The van der Waals surface area contributed by atoms with Gasteiger partial charge in [-0.1, -0.05) is 0 Å². The number of rotatable bonds is 4. The van der Waals surface area contributed by atoms with E-state index in [4.69, 9.17) is 15.1 Å². The van der Waals surface area contributed by atoms with Gasteiger partial charge in [0, 0.05) is 23.3 Å². The van der Waals surface area contributed by atoms with Gasteiger partial charge in [0.05, 0.1) is 0 Å². The molecule has 17 heavy (non-hydrogen) atoms. The van der Waals surface area contributed by atoms with E-state index < -0.39 is 15.0 Å². The summed E-state index contributed by atoms with van der Waals surface area (Å²) in [5.41, 5.74) is 0. The van der Waals surface area contributed by atoms with E-state index in [9.17, 15) is 13.2 Å². The van der Waals surface area contributed by atoms with Crippen LogP contribution in [0.4, 0.5) is 0 Å². The van der Waals surface area contributed by atoms with Gasteiger partial charge in [-0.15, -0.1) is 0 Å². The Morgan fingerprint density at radius 3 is 2.71 bits per heavy atom. The Morgan fingerprint density at radius 2 is 2.24 bits per heavy atom. The van der Waals surface area contributed by atoms with Gasteiger partial charge >= 0.3 is 0 Å². The van der Waals surface area contributed by atoms with Gasteiger partial charge in [-0.2, -0.15) is 0 Å². The highest BCUT2D eigenvalue weighted by Crippen LogP contribution is 2.30. The largest absolute Gasteiger partial charge is 0.443 e. The van der Waals surface area contributed by atoms with Crippen molar-refractivity contribution in [1.82, 2.24) is 5.32 Å². The van der Waals surface area contributed by atoms with Crippen LogP contribution in [0.3, 0.4) is 0 Å². The molecular weight excluding hydrogens is 334 g/mol. The highest BCUT2D eigenvalue weighted by Gasteiger charge is 2.25. The first-order valence-corrected chi connectivity index (χ1v) is 8.00. The Hall–Kier alpha value is -0.530. The van der Waals surface area contributed by atoms with Crippen molar-refractivity contribution in [3.63, 3.8) is 0 Å². The van der Waals surface area contributed by atoms with Crippen LogP contribution in [0, 0.1) is 5.92 Å². The average Bonchev–Trinajstić information content (AvgIpc) is 2.95. The van der Waals surface area contributed by atoms with Gasteiger partial charge in [0.2, 0.25) is 0 Å². The van der Waals surface area contributed by atoms with Crippen LogP contribution in [-0.2, 0) is 9.05 Å². The van der Waals surface area contributed by atoms with Gasteiger partial charge in [-0.05, 0) is 34.7 Å². The molecule has 1 aliphatic rings. The Bertz CT molecular complexity index is 549. The van der Waals surface area contributed by atoms with E-state index in [1.807, 2.05) is 0 Å². The highest BCUT2D eigenvalue weighted by molar-refractivity contribution is 9.10. The maximum Gasteiger partial charge on any atom is 0.287 e. The van der Waals surface area contributed by atoms with E-state index in [2.05, 4.69) is 21.2 Å². The zero-order valence-electron chi connectivity index (χ0n) is 8.57. The second kappa shape index (κ2) is 4.62. The summed E-state index contributed by atoms with van der Waals surface area (Å²) in [7, 11) is 1.26. The van der Waals surface area contributed by atoms with Crippen molar-refractivity contribution in [2.75, 3.05) is 6.54 Å². The molecule has 1 aromatic heterocycles. The van der Waals surface area contributed by atoms with Crippen LogP contribution in [0.2, 0.25) is 0 Å². The van der Waals surface area contributed by atoms with E-state index in [0.717, 1.165) is 18.9 Å². The molecule has 1 N–H and O–H groups in total. The molecule has 1 aromatic rings. The maximum absolute atomic E-state index is 11.6. The van der Waals surface area contributed by atoms with Crippen molar-refractivity contribution >= 4 is 41.6 Å².